The predicted octanol–water partition coefficient (Wildman–Crippen LogP) is 4.65. The highest BCUT2D eigenvalue weighted by Gasteiger charge is 2.23. The fourth-order valence-corrected chi connectivity index (χ4v) is 5.44. The number of likely N-dealkylation sites (tertiary alicyclic amines) is 2. The van der Waals surface area contributed by atoms with E-state index in [1.165, 1.54) is 31.6 Å². The number of fused-ring (bicyclic) bond motifs is 1. The lowest BCUT2D eigenvalue weighted by molar-refractivity contribution is -0.126. The fraction of sp³-hybridized carbons (Fsp3) is 0.394. The second-order valence-corrected chi connectivity index (χ2v) is 11.5. The molecular formula is C33H40FN7O3. The zero-order valence-corrected chi connectivity index (χ0v) is 25.3. The molecule has 11 heteroatoms. The van der Waals surface area contributed by atoms with Crippen molar-refractivity contribution < 1.29 is 19.1 Å². The number of piperidine rings is 1. The summed E-state index contributed by atoms with van der Waals surface area (Å²) in [7, 11) is 2.13. The van der Waals surface area contributed by atoms with E-state index < -0.39 is 11.6 Å². The molecule has 0 radical (unpaired) electrons. The first-order valence-corrected chi connectivity index (χ1v) is 15.1. The van der Waals surface area contributed by atoms with Crippen LogP contribution in [0.3, 0.4) is 0 Å². The Balaban J connectivity index is 0.000000195. The molecule has 10 nitrogen and oxygen atoms in total. The molecule has 4 heterocycles. The van der Waals surface area contributed by atoms with Crippen LogP contribution < -0.4 is 10.6 Å². The Kier molecular flexibility index (Phi) is 10.2. The number of imidazole rings is 1. The van der Waals surface area contributed by atoms with E-state index in [9.17, 15) is 19.1 Å². The van der Waals surface area contributed by atoms with Crippen LogP contribution in [-0.4, -0.2) is 87.8 Å². The predicted molar refractivity (Wildman–Crippen MR) is 169 cm³/mol. The molecule has 0 atom stereocenters. The Bertz CT molecular complexity index is 1600. The number of carbonyl (C=O) groups excluding carboxylic acids is 2. The van der Waals surface area contributed by atoms with Crippen molar-refractivity contribution >= 4 is 29.3 Å². The van der Waals surface area contributed by atoms with Crippen molar-refractivity contribution in [3.8, 4) is 17.0 Å². The van der Waals surface area contributed by atoms with Crippen molar-refractivity contribution in [2.45, 2.75) is 32.6 Å². The van der Waals surface area contributed by atoms with Gasteiger partial charge in [0.2, 0.25) is 5.91 Å². The Labute approximate surface area is 256 Å². The summed E-state index contributed by atoms with van der Waals surface area (Å²) in [4.78, 5) is 36.3. The quantitative estimate of drug-likeness (QED) is 0.188. The number of nitrogens with one attached hydrogen (secondary N) is 2. The van der Waals surface area contributed by atoms with Crippen LogP contribution in [0, 0.1) is 18.7 Å². The normalized spacial score (nSPS) is 15.7. The molecule has 2 fully saturated rings. The Morgan fingerprint density at radius 3 is 2.59 bits per heavy atom. The molecule has 1 amide bonds. The zero-order chi connectivity index (χ0) is 31.1. The maximum Gasteiger partial charge on any atom is 0.223 e. The van der Waals surface area contributed by atoms with Crippen LogP contribution in [0.1, 0.15) is 41.6 Å². The number of nitrogens with zero attached hydrogens (tertiary/aromatic N) is 5. The topological polar surface area (TPSA) is 115 Å². The van der Waals surface area contributed by atoms with Crippen molar-refractivity contribution in [3.63, 3.8) is 0 Å². The molecule has 6 rings (SSSR count). The highest BCUT2D eigenvalue weighted by atomic mass is 19.1. The lowest BCUT2D eigenvalue weighted by Gasteiger charge is -2.31. The lowest BCUT2D eigenvalue weighted by Crippen LogP contribution is -2.41. The number of phenolic OH excluding ortho intramolecular Hbond substituents is 1. The van der Waals surface area contributed by atoms with Gasteiger partial charge in [0, 0.05) is 41.7 Å². The van der Waals surface area contributed by atoms with Gasteiger partial charge in [-0.25, -0.2) is 14.4 Å². The summed E-state index contributed by atoms with van der Waals surface area (Å²) >= 11 is 0. The van der Waals surface area contributed by atoms with Gasteiger partial charge >= 0.3 is 0 Å². The fourth-order valence-electron chi connectivity index (χ4n) is 5.44. The van der Waals surface area contributed by atoms with Gasteiger partial charge in [0.15, 0.2) is 23.0 Å². The van der Waals surface area contributed by atoms with Crippen molar-refractivity contribution in [2.24, 2.45) is 5.92 Å². The molecule has 2 aromatic heterocycles. The van der Waals surface area contributed by atoms with E-state index in [-0.39, 0.29) is 11.8 Å². The van der Waals surface area contributed by atoms with Gasteiger partial charge in [0.05, 0.1) is 11.9 Å². The molecule has 232 valence electrons. The molecule has 2 aliphatic rings. The average molecular weight is 602 g/mol. The van der Waals surface area contributed by atoms with Crippen LogP contribution in [0.25, 0.3) is 16.9 Å². The number of carbonyl (C=O) groups is 2. The number of benzene rings is 2. The maximum atomic E-state index is 13.7. The summed E-state index contributed by atoms with van der Waals surface area (Å²) in [5.74, 6) is -0.0236. The molecule has 0 spiro atoms. The molecule has 2 aliphatic heterocycles. The molecule has 44 heavy (non-hydrogen) atoms. The summed E-state index contributed by atoms with van der Waals surface area (Å²) in [6, 6.07) is 9.57. The first-order chi connectivity index (χ1) is 21.3. The number of anilines is 2. The third kappa shape index (κ3) is 7.59. The first kappa shape index (κ1) is 31.1. The molecular weight excluding hydrogens is 561 g/mol. The number of aromatic hydroxyl groups is 1. The van der Waals surface area contributed by atoms with Gasteiger partial charge in [0.25, 0.3) is 0 Å². The van der Waals surface area contributed by atoms with E-state index in [1.807, 2.05) is 13.0 Å². The molecule has 0 saturated carbocycles. The molecule has 3 N–H and O–H groups in total. The van der Waals surface area contributed by atoms with Gasteiger partial charge in [-0.3, -0.25) is 14.0 Å². The molecule has 0 aliphatic carbocycles. The van der Waals surface area contributed by atoms with Crippen molar-refractivity contribution in [3.05, 3.63) is 71.9 Å². The van der Waals surface area contributed by atoms with Crippen LogP contribution in [0.4, 0.5) is 15.9 Å². The minimum absolute atomic E-state index is 0.259. The maximum absolute atomic E-state index is 13.7. The number of aromatic nitrogens is 3. The molecule has 4 aromatic rings. The number of halogens is 1. The van der Waals surface area contributed by atoms with Gasteiger partial charge < -0.3 is 25.5 Å². The van der Waals surface area contributed by atoms with Crippen LogP contribution in [-0.2, 0) is 4.79 Å². The minimum atomic E-state index is -0.694. The van der Waals surface area contributed by atoms with Crippen LogP contribution in [0.5, 0.6) is 5.75 Å². The number of hydrogen-bond donors (Lipinski definition) is 3. The summed E-state index contributed by atoms with van der Waals surface area (Å²) in [5, 5.41) is 15.7. The van der Waals surface area contributed by atoms with Gasteiger partial charge in [0.1, 0.15) is 6.29 Å². The number of aryl methyl sites for hydroxylation is 1. The largest absolute Gasteiger partial charge is 0.505 e. The van der Waals surface area contributed by atoms with E-state index in [0.29, 0.717) is 28.3 Å². The van der Waals surface area contributed by atoms with Crippen molar-refractivity contribution in [1.29, 1.82) is 0 Å². The van der Waals surface area contributed by atoms with E-state index in [2.05, 4.69) is 37.4 Å². The van der Waals surface area contributed by atoms with E-state index in [0.717, 1.165) is 63.0 Å². The molecule has 2 aromatic carbocycles. The monoisotopic (exact) mass is 601 g/mol. The number of amides is 1. The summed E-state index contributed by atoms with van der Waals surface area (Å²) < 4.78 is 15.5. The molecule has 2 saturated heterocycles. The second-order valence-electron chi connectivity index (χ2n) is 11.5. The Hall–Kier alpha value is -4.35. The molecule has 0 bridgehead atoms. The van der Waals surface area contributed by atoms with Gasteiger partial charge in [-0.05, 0) is 114 Å². The SMILES string of the molecule is CN1CCC(C(=O)NCCCN2CCC2)CC1.Cc1cc(Nc2nccn3c(-c4ccc(O)c(F)c4)cnc23)ccc1C=O. The van der Waals surface area contributed by atoms with E-state index in [1.54, 1.807) is 41.2 Å². The Morgan fingerprint density at radius 2 is 1.91 bits per heavy atom. The average Bonchev–Trinajstić information content (AvgIpc) is 3.43. The van der Waals surface area contributed by atoms with Gasteiger partial charge in [-0.1, -0.05) is 0 Å². The number of aldehydes is 1. The minimum Gasteiger partial charge on any atom is -0.505 e. The number of rotatable bonds is 9. The summed E-state index contributed by atoms with van der Waals surface area (Å²) in [5.41, 5.74) is 4.08. The number of hydrogen-bond acceptors (Lipinski definition) is 8. The van der Waals surface area contributed by atoms with Crippen LogP contribution in [0.15, 0.2) is 55.0 Å². The van der Waals surface area contributed by atoms with Gasteiger partial charge in [-0.2, -0.15) is 0 Å². The smallest absolute Gasteiger partial charge is 0.223 e. The highest BCUT2D eigenvalue weighted by Crippen LogP contribution is 2.28. The van der Waals surface area contributed by atoms with E-state index in [4.69, 9.17) is 0 Å². The van der Waals surface area contributed by atoms with Crippen molar-refractivity contribution in [2.75, 3.05) is 51.6 Å². The highest BCUT2D eigenvalue weighted by molar-refractivity contribution is 5.80. The standard InChI is InChI=1S/C20H15FN4O2.C13H25N3O/c1-12-8-15(4-2-14(12)11-26)24-19-20-23-10-17(25(20)7-6-22-19)13-3-5-18(27)16(21)9-13;1-15-10-4-12(5-11-15)13(17)14-6-2-7-16-8-3-9-16/h2-11,27H,1H3,(H,22,24);12H,2-11H2,1H3,(H,14,17). The van der Waals surface area contributed by atoms with Gasteiger partial charge in [-0.15, -0.1) is 0 Å². The third-order valence-electron chi connectivity index (χ3n) is 8.32. The van der Waals surface area contributed by atoms with Crippen LogP contribution in [0.2, 0.25) is 0 Å². The molecule has 0 unspecified atom stereocenters. The second kappa shape index (κ2) is 14.4. The first-order valence-electron chi connectivity index (χ1n) is 15.1. The van der Waals surface area contributed by atoms with Crippen molar-refractivity contribution in [1.82, 2.24) is 29.5 Å². The number of phenols is 1. The summed E-state index contributed by atoms with van der Waals surface area (Å²) in [6.07, 6.45) is 10.3. The van der Waals surface area contributed by atoms with E-state index >= 15 is 0 Å². The lowest BCUT2D eigenvalue weighted by atomic mass is 9.96. The zero-order valence-electron chi connectivity index (χ0n) is 25.3. The summed E-state index contributed by atoms with van der Waals surface area (Å²) in [6.45, 7) is 8.48. The Morgan fingerprint density at radius 1 is 1.11 bits per heavy atom. The van der Waals surface area contributed by atoms with Crippen LogP contribution >= 0.6 is 0 Å². The third-order valence-corrected chi connectivity index (χ3v) is 8.32.